The van der Waals surface area contributed by atoms with Crippen molar-refractivity contribution in [2.45, 2.75) is 19.6 Å². The van der Waals surface area contributed by atoms with Crippen molar-refractivity contribution in [1.82, 2.24) is 9.97 Å². The van der Waals surface area contributed by atoms with E-state index in [4.69, 9.17) is 0 Å². The molecule has 2 aromatic heterocycles. The van der Waals surface area contributed by atoms with Crippen LogP contribution < -0.4 is 0 Å². The lowest BCUT2D eigenvalue weighted by atomic mass is 10.2. The minimum Gasteiger partial charge on any atom is -0.360 e. The fourth-order valence-corrected chi connectivity index (χ4v) is 6.92. The van der Waals surface area contributed by atoms with E-state index in [1.54, 1.807) is 54.4 Å². The van der Waals surface area contributed by atoms with Crippen molar-refractivity contribution in [2.75, 3.05) is 0 Å². The zero-order valence-corrected chi connectivity index (χ0v) is 23.6. The average Bonchev–Trinajstić information content (AvgIpc) is 3.49. The number of hydrogen-bond acceptors (Lipinski definition) is 3. The number of benzene rings is 4. The smallest absolute Gasteiger partial charge is 0.208 e. The second-order valence-electron chi connectivity index (χ2n) is 7.92. The maximum Gasteiger partial charge on any atom is 0.208 e. The van der Waals surface area contributed by atoms with Crippen LogP contribution in [0.3, 0.4) is 0 Å². The number of H-pyrrole nitrogens is 2. The molecule has 4 aromatic carbocycles. The molecule has 0 radical (unpaired) electrons. The summed E-state index contributed by atoms with van der Waals surface area (Å²) in [5.41, 5.74) is 1.96. The Morgan fingerprint density at radius 3 is 1.86 bits per heavy atom. The monoisotopic (exact) mass is 638 g/mol. The second kappa shape index (κ2) is 10.7. The lowest BCUT2D eigenvalue weighted by Gasteiger charge is -2.02. The minimum absolute atomic E-state index is 0.304. The third-order valence-electron chi connectivity index (χ3n) is 5.53. The zero-order valence-electron chi connectivity index (χ0n) is 18.8. The Kier molecular flexibility index (Phi) is 7.39. The van der Waals surface area contributed by atoms with Crippen LogP contribution in [0.1, 0.15) is 0 Å². The van der Waals surface area contributed by atoms with E-state index in [0.29, 0.717) is 15.2 Å². The molecule has 0 fully saturated rings. The fourth-order valence-electron chi connectivity index (χ4n) is 3.79. The first-order chi connectivity index (χ1) is 17.4. The highest BCUT2D eigenvalue weighted by Gasteiger charge is 2.21. The SMILES string of the molecule is Brc1ccc2c(Sc3ccccc3)c[nH]c2c1.O=S(=O)(c1ccccc1)c1c[nH]c2cc(Br)ccc12. The van der Waals surface area contributed by atoms with Gasteiger partial charge in [-0.15, -0.1) is 0 Å². The summed E-state index contributed by atoms with van der Waals surface area (Å²) in [5, 5.41) is 1.97. The van der Waals surface area contributed by atoms with E-state index in [1.165, 1.54) is 15.2 Å². The lowest BCUT2D eigenvalue weighted by molar-refractivity contribution is 0.597. The summed E-state index contributed by atoms with van der Waals surface area (Å²) >= 11 is 8.63. The Hall–Kier alpha value is -2.78. The Bertz CT molecular complexity index is 1750. The Morgan fingerprint density at radius 2 is 1.19 bits per heavy atom. The molecule has 2 heterocycles. The fraction of sp³-hybridized carbons (Fsp3) is 0. The predicted molar refractivity (Wildman–Crippen MR) is 154 cm³/mol. The summed E-state index contributed by atoms with van der Waals surface area (Å²) in [6.45, 7) is 0. The third kappa shape index (κ3) is 5.32. The maximum atomic E-state index is 12.6. The maximum absolute atomic E-state index is 12.6. The molecule has 0 bridgehead atoms. The van der Waals surface area contributed by atoms with Crippen LogP contribution in [0.2, 0.25) is 0 Å². The zero-order chi connectivity index (χ0) is 25.1. The number of rotatable bonds is 4. The van der Waals surface area contributed by atoms with E-state index in [1.807, 2.05) is 18.2 Å². The largest absolute Gasteiger partial charge is 0.360 e. The van der Waals surface area contributed by atoms with Crippen LogP contribution in [0.4, 0.5) is 0 Å². The van der Waals surface area contributed by atoms with Crippen LogP contribution in [0, 0.1) is 0 Å². The van der Waals surface area contributed by atoms with Gasteiger partial charge < -0.3 is 9.97 Å². The van der Waals surface area contributed by atoms with Crippen LogP contribution >= 0.6 is 43.6 Å². The second-order valence-corrected chi connectivity index (χ2v) is 12.8. The standard InChI is InChI=1S/C14H10BrNO2S.C14H10BrNS/c15-10-6-7-12-13(8-10)16-9-14(12)19(17,18)11-4-2-1-3-5-11;15-10-6-7-12-13(8-10)16-9-14(12)17-11-4-2-1-3-5-11/h1-9,16H;1-9,16H. The molecule has 6 aromatic rings. The summed E-state index contributed by atoms with van der Waals surface area (Å²) in [7, 11) is -3.48. The van der Waals surface area contributed by atoms with Crippen molar-refractivity contribution in [1.29, 1.82) is 0 Å². The van der Waals surface area contributed by atoms with Crippen LogP contribution in [-0.2, 0) is 9.84 Å². The molecule has 0 amide bonds. The normalized spacial score (nSPS) is 11.4. The molecule has 36 heavy (non-hydrogen) atoms. The summed E-state index contributed by atoms with van der Waals surface area (Å²) in [5.74, 6) is 0. The first-order valence-electron chi connectivity index (χ1n) is 11.0. The Labute approximate surface area is 230 Å². The van der Waals surface area contributed by atoms with Crippen LogP contribution in [-0.4, -0.2) is 18.4 Å². The molecule has 0 unspecified atom stereocenters. The molecule has 0 aliphatic heterocycles. The van der Waals surface area contributed by atoms with Gasteiger partial charge in [-0.3, -0.25) is 0 Å². The van der Waals surface area contributed by atoms with Crippen molar-refractivity contribution in [3.63, 3.8) is 0 Å². The quantitative estimate of drug-likeness (QED) is 0.202. The molecule has 0 spiro atoms. The van der Waals surface area contributed by atoms with Crippen molar-refractivity contribution in [3.05, 3.63) is 118 Å². The van der Waals surface area contributed by atoms with Gasteiger partial charge in [-0.05, 0) is 48.5 Å². The topological polar surface area (TPSA) is 65.7 Å². The molecule has 8 heteroatoms. The van der Waals surface area contributed by atoms with Crippen LogP contribution in [0.5, 0.6) is 0 Å². The lowest BCUT2D eigenvalue weighted by Crippen LogP contribution is -2.00. The first-order valence-corrected chi connectivity index (χ1v) is 14.9. The summed E-state index contributed by atoms with van der Waals surface area (Å²) in [6, 6.07) is 30.7. The molecule has 0 aliphatic carbocycles. The number of sulfone groups is 1. The Morgan fingerprint density at radius 1 is 0.639 bits per heavy atom. The van der Waals surface area contributed by atoms with Crippen molar-refractivity contribution >= 4 is 75.3 Å². The van der Waals surface area contributed by atoms with E-state index in [9.17, 15) is 8.42 Å². The van der Waals surface area contributed by atoms with Gasteiger partial charge in [0.15, 0.2) is 0 Å². The molecule has 0 saturated carbocycles. The predicted octanol–water partition coefficient (Wildman–Crippen LogP) is 8.84. The highest BCUT2D eigenvalue weighted by molar-refractivity contribution is 9.10. The van der Waals surface area contributed by atoms with E-state index < -0.39 is 9.84 Å². The molecule has 4 nitrogen and oxygen atoms in total. The molecule has 6 rings (SSSR count). The third-order valence-corrected chi connectivity index (χ3v) is 9.39. The summed E-state index contributed by atoms with van der Waals surface area (Å²) in [6.07, 6.45) is 3.61. The number of halogens is 2. The van der Waals surface area contributed by atoms with Gasteiger partial charge in [-0.1, -0.05) is 92.2 Å². The van der Waals surface area contributed by atoms with Gasteiger partial charge in [0, 0.05) is 52.9 Å². The first kappa shape index (κ1) is 24.9. The van der Waals surface area contributed by atoms with Gasteiger partial charge in [0.25, 0.3) is 0 Å². The van der Waals surface area contributed by atoms with E-state index in [-0.39, 0.29) is 0 Å². The molecule has 2 N–H and O–H groups in total. The minimum atomic E-state index is -3.48. The average molecular weight is 640 g/mol. The van der Waals surface area contributed by atoms with E-state index in [0.717, 1.165) is 20.0 Å². The van der Waals surface area contributed by atoms with Gasteiger partial charge in [0.2, 0.25) is 9.84 Å². The number of aromatic amines is 2. The molecule has 0 atom stereocenters. The van der Waals surface area contributed by atoms with Gasteiger partial charge in [-0.2, -0.15) is 0 Å². The highest BCUT2D eigenvalue weighted by Crippen LogP contribution is 2.34. The van der Waals surface area contributed by atoms with E-state index >= 15 is 0 Å². The van der Waals surface area contributed by atoms with Crippen LogP contribution in [0.15, 0.2) is 138 Å². The van der Waals surface area contributed by atoms with Gasteiger partial charge in [0.05, 0.1) is 9.79 Å². The Balaban J connectivity index is 0.000000149. The van der Waals surface area contributed by atoms with Gasteiger partial charge >= 0.3 is 0 Å². The number of aromatic nitrogens is 2. The van der Waals surface area contributed by atoms with E-state index in [2.05, 4.69) is 90.5 Å². The number of fused-ring (bicyclic) bond motifs is 2. The molecule has 180 valence electrons. The van der Waals surface area contributed by atoms with Gasteiger partial charge in [-0.25, -0.2) is 8.42 Å². The highest BCUT2D eigenvalue weighted by atomic mass is 79.9. The molecule has 0 saturated heterocycles. The summed E-state index contributed by atoms with van der Waals surface area (Å²) < 4.78 is 27.1. The van der Waals surface area contributed by atoms with Gasteiger partial charge in [0.1, 0.15) is 0 Å². The molecule has 0 aliphatic rings. The number of nitrogens with one attached hydrogen (secondary N) is 2. The van der Waals surface area contributed by atoms with Crippen LogP contribution in [0.25, 0.3) is 21.8 Å². The summed E-state index contributed by atoms with van der Waals surface area (Å²) in [4.78, 5) is 9.43. The molecular weight excluding hydrogens is 620 g/mol. The molecular formula is C28H20Br2N2O2S2. The van der Waals surface area contributed by atoms with Crippen molar-refractivity contribution in [2.24, 2.45) is 0 Å². The van der Waals surface area contributed by atoms with Crippen molar-refractivity contribution in [3.8, 4) is 0 Å². The van der Waals surface area contributed by atoms with Crippen molar-refractivity contribution < 1.29 is 8.42 Å². The number of hydrogen-bond donors (Lipinski definition) is 2.